The molecule has 0 spiro atoms. The average molecular weight is 396 g/mol. The highest BCUT2D eigenvalue weighted by Gasteiger charge is 2.11. The van der Waals surface area contributed by atoms with Crippen molar-refractivity contribution in [3.63, 3.8) is 0 Å². The number of hydrogen-bond donors (Lipinski definition) is 1. The van der Waals surface area contributed by atoms with Crippen molar-refractivity contribution in [3.05, 3.63) is 86.3 Å². The fraction of sp³-hybridized carbons (Fsp3) is 0.111. The summed E-state index contributed by atoms with van der Waals surface area (Å²) in [6.45, 7) is 0.315. The number of alkyl halides is 2. The minimum absolute atomic E-state index is 0.0147. The Labute approximate surface area is 158 Å². The van der Waals surface area contributed by atoms with Gasteiger partial charge in [-0.15, -0.1) is 0 Å². The number of halogens is 4. The molecule has 0 fully saturated rings. The molecular formula is C18H13Cl2F2N3O. The molecule has 3 rings (SSSR count). The van der Waals surface area contributed by atoms with Gasteiger partial charge in [-0.25, -0.2) is 8.78 Å². The van der Waals surface area contributed by atoms with Crippen molar-refractivity contribution in [1.82, 2.24) is 9.78 Å². The maximum absolute atomic E-state index is 12.6. The summed E-state index contributed by atoms with van der Waals surface area (Å²) >= 11 is 12.0. The number of rotatable bonds is 5. The van der Waals surface area contributed by atoms with E-state index in [-0.39, 0.29) is 10.6 Å². The minimum atomic E-state index is -2.50. The van der Waals surface area contributed by atoms with Gasteiger partial charge in [0.05, 0.1) is 17.6 Å². The van der Waals surface area contributed by atoms with Crippen LogP contribution >= 0.6 is 23.2 Å². The molecule has 0 radical (unpaired) electrons. The van der Waals surface area contributed by atoms with Crippen LogP contribution < -0.4 is 10.9 Å². The zero-order chi connectivity index (χ0) is 18.7. The Hall–Kier alpha value is -2.44. The van der Waals surface area contributed by atoms with Crippen molar-refractivity contribution in [2.75, 3.05) is 5.32 Å². The highest BCUT2D eigenvalue weighted by atomic mass is 35.5. The Bertz CT molecular complexity index is 958. The van der Waals surface area contributed by atoms with Crippen LogP contribution in [0.5, 0.6) is 0 Å². The summed E-state index contributed by atoms with van der Waals surface area (Å²) in [5.74, 6) is 0. The highest BCUT2D eigenvalue weighted by molar-refractivity contribution is 6.33. The predicted octanol–water partition coefficient (Wildman–Crippen LogP) is 5.09. The van der Waals surface area contributed by atoms with E-state index in [1.54, 1.807) is 36.4 Å². The van der Waals surface area contributed by atoms with Gasteiger partial charge in [0.2, 0.25) is 0 Å². The second-order valence-corrected chi connectivity index (χ2v) is 6.28. The molecule has 0 bridgehead atoms. The van der Waals surface area contributed by atoms with Gasteiger partial charge in [0, 0.05) is 17.1 Å². The first-order valence-electron chi connectivity index (χ1n) is 7.60. The van der Waals surface area contributed by atoms with Gasteiger partial charge in [-0.3, -0.25) is 4.79 Å². The van der Waals surface area contributed by atoms with Crippen LogP contribution in [0.25, 0.3) is 5.69 Å². The second-order valence-electron chi connectivity index (χ2n) is 5.46. The third-order valence-electron chi connectivity index (χ3n) is 3.70. The quantitative estimate of drug-likeness (QED) is 0.654. The molecule has 26 heavy (non-hydrogen) atoms. The molecule has 0 saturated carbocycles. The van der Waals surface area contributed by atoms with Gasteiger partial charge in [0.1, 0.15) is 5.02 Å². The first kappa shape index (κ1) is 18.4. The van der Waals surface area contributed by atoms with Crippen LogP contribution in [0.15, 0.2) is 59.5 Å². The molecule has 0 aliphatic heterocycles. The Kier molecular flexibility index (Phi) is 5.54. The monoisotopic (exact) mass is 395 g/mol. The van der Waals surface area contributed by atoms with Crippen LogP contribution in [-0.4, -0.2) is 9.78 Å². The first-order valence-corrected chi connectivity index (χ1v) is 8.36. The van der Waals surface area contributed by atoms with Crippen LogP contribution in [-0.2, 0) is 6.54 Å². The molecule has 0 aliphatic carbocycles. The van der Waals surface area contributed by atoms with Crippen molar-refractivity contribution >= 4 is 28.9 Å². The number of hydrogen-bond acceptors (Lipinski definition) is 3. The molecule has 3 aromatic rings. The van der Waals surface area contributed by atoms with Crippen molar-refractivity contribution in [3.8, 4) is 5.69 Å². The summed E-state index contributed by atoms with van der Waals surface area (Å²) in [7, 11) is 0. The van der Waals surface area contributed by atoms with Crippen LogP contribution in [0.2, 0.25) is 10.0 Å². The average Bonchev–Trinajstić information content (AvgIpc) is 2.64. The maximum atomic E-state index is 12.6. The molecule has 0 amide bonds. The summed E-state index contributed by atoms with van der Waals surface area (Å²) in [6, 6.07) is 12.5. The largest absolute Gasteiger partial charge is 0.378 e. The molecule has 0 saturated heterocycles. The lowest BCUT2D eigenvalue weighted by atomic mass is 10.1. The van der Waals surface area contributed by atoms with Crippen LogP contribution in [0.4, 0.5) is 14.5 Å². The zero-order valence-electron chi connectivity index (χ0n) is 13.3. The van der Waals surface area contributed by atoms with Gasteiger partial charge in [0.15, 0.2) is 0 Å². The van der Waals surface area contributed by atoms with E-state index in [0.29, 0.717) is 22.9 Å². The van der Waals surface area contributed by atoms with Gasteiger partial charge in [-0.05, 0) is 29.8 Å². The SMILES string of the molecule is O=c1c(Cl)c(NCc2ccc(C(F)F)cc2)cnn1-c1ccc(Cl)cc1. The Morgan fingerprint density at radius 1 is 1.04 bits per heavy atom. The van der Waals surface area contributed by atoms with E-state index in [4.69, 9.17) is 23.2 Å². The molecule has 2 aromatic carbocycles. The number of nitrogens with zero attached hydrogens (tertiary/aromatic N) is 2. The number of benzene rings is 2. The van der Waals surface area contributed by atoms with Gasteiger partial charge >= 0.3 is 0 Å². The normalized spacial score (nSPS) is 11.0. The molecule has 1 aromatic heterocycles. The van der Waals surface area contributed by atoms with Crippen LogP contribution in [0.3, 0.4) is 0 Å². The fourth-order valence-corrected chi connectivity index (χ4v) is 2.62. The van der Waals surface area contributed by atoms with E-state index in [1.807, 2.05) is 0 Å². The summed E-state index contributed by atoms with van der Waals surface area (Å²) in [6.07, 6.45) is -1.07. The van der Waals surface area contributed by atoms with Gasteiger partial charge in [-0.1, -0.05) is 47.5 Å². The third kappa shape index (κ3) is 4.03. The lowest BCUT2D eigenvalue weighted by Crippen LogP contribution is -2.22. The fourth-order valence-electron chi connectivity index (χ4n) is 2.30. The van der Waals surface area contributed by atoms with Gasteiger partial charge < -0.3 is 5.32 Å². The number of nitrogens with one attached hydrogen (secondary N) is 1. The molecule has 0 atom stereocenters. The van der Waals surface area contributed by atoms with E-state index >= 15 is 0 Å². The lowest BCUT2D eigenvalue weighted by Gasteiger charge is -2.11. The van der Waals surface area contributed by atoms with E-state index in [2.05, 4.69) is 10.4 Å². The minimum Gasteiger partial charge on any atom is -0.378 e. The highest BCUT2D eigenvalue weighted by Crippen LogP contribution is 2.21. The van der Waals surface area contributed by atoms with E-state index in [1.165, 1.54) is 23.0 Å². The van der Waals surface area contributed by atoms with E-state index < -0.39 is 12.0 Å². The summed E-state index contributed by atoms with van der Waals surface area (Å²) in [5.41, 5.74) is 1.15. The van der Waals surface area contributed by atoms with E-state index in [9.17, 15) is 13.6 Å². The summed E-state index contributed by atoms with van der Waals surface area (Å²) in [5, 5.41) is 7.62. The topological polar surface area (TPSA) is 46.9 Å². The molecule has 0 unspecified atom stereocenters. The van der Waals surface area contributed by atoms with Crippen molar-refractivity contribution in [2.24, 2.45) is 0 Å². The molecule has 4 nitrogen and oxygen atoms in total. The standard InChI is InChI=1S/C18H13Cl2F2N3O/c19-13-5-7-14(8-6-13)25-18(26)16(20)15(10-24-25)23-9-11-1-3-12(4-2-11)17(21)22/h1-8,10,17,23H,9H2. The first-order chi connectivity index (χ1) is 12.5. The molecule has 8 heteroatoms. The molecule has 0 aliphatic rings. The van der Waals surface area contributed by atoms with Gasteiger partial charge in [0.25, 0.3) is 12.0 Å². The zero-order valence-corrected chi connectivity index (χ0v) is 14.8. The number of anilines is 1. The molecule has 1 N–H and O–H groups in total. The number of aromatic nitrogens is 2. The Morgan fingerprint density at radius 2 is 1.69 bits per heavy atom. The predicted molar refractivity (Wildman–Crippen MR) is 98.6 cm³/mol. The van der Waals surface area contributed by atoms with Crippen molar-refractivity contribution < 1.29 is 8.78 Å². The maximum Gasteiger partial charge on any atom is 0.292 e. The summed E-state index contributed by atoms with van der Waals surface area (Å²) in [4.78, 5) is 12.4. The van der Waals surface area contributed by atoms with Gasteiger partial charge in [-0.2, -0.15) is 9.78 Å². The van der Waals surface area contributed by atoms with Crippen molar-refractivity contribution in [2.45, 2.75) is 13.0 Å². The Morgan fingerprint density at radius 3 is 2.31 bits per heavy atom. The summed E-state index contributed by atoms with van der Waals surface area (Å²) < 4.78 is 26.3. The van der Waals surface area contributed by atoms with E-state index in [0.717, 1.165) is 5.56 Å². The van der Waals surface area contributed by atoms with Crippen LogP contribution in [0.1, 0.15) is 17.6 Å². The lowest BCUT2D eigenvalue weighted by molar-refractivity contribution is 0.151. The molecular weight excluding hydrogens is 383 g/mol. The second kappa shape index (κ2) is 7.85. The Balaban J connectivity index is 1.78. The van der Waals surface area contributed by atoms with Crippen molar-refractivity contribution in [1.29, 1.82) is 0 Å². The molecule has 1 heterocycles. The smallest absolute Gasteiger partial charge is 0.292 e. The molecule has 134 valence electrons. The third-order valence-corrected chi connectivity index (χ3v) is 4.32. The van der Waals surface area contributed by atoms with Crippen LogP contribution in [0, 0.1) is 0 Å².